The highest BCUT2D eigenvalue weighted by Crippen LogP contribution is 2.22. The van der Waals surface area contributed by atoms with Crippen LogP contribution in [0.4, 0.5) is 10.1 Å². The molecule has 1 amide bonds. The van der Waals surface area contributed by atoms with Gasteiger partial charge in [0.15, 0.2) is 0 Å². The molecular weight excluding hydrogens is 347 g/mol. The predicted octanol–water partition coefficient (Wildman–Crippen LogP) is 3.68. The number of likely N-dealkylation sites (tertiary alicyclic amines) is 1. The van der Waals surface area contributed by atoms with E-state index in [0.717, 1.165) is 24.2 Å². The summed E-state index contributed by atoms with van der Waals surface area (Å²) in [4.78, 5) is 25.6. The minimum absolute atomic E-state index is 0.246. The van der Waals surface area contributed by atoms with E-state index in [1.54, 1.807) is 0 Å². The molecule has 1 aliphatic heterocycles. The Morgan fingerprint density at radius 1 is 1.15 bits per heavy atom. The summed E-state index contributed by atoms with van der Waals surface area (Å²) in [6, 6.07) is 11.3. The molecule has 1 saturated heterocycles. The third-order valence-corrected chi connectivity index (χ3v) is 4.84. The molecule has 142 valence electrons. The molecule has 6 heteroatoms. The van der Waals surface area contributed by atoms with Crippen molar-refractivity contribution in [1.29, 1.82) is 0 Å². The van der Waals surface area contributed by atoms with Gasteiger partial charge in [0.05, 0.1) is 5.92 Å². The number of carboxylic acids is 1. The summed E-state index contributed by atoms with van der Waals surface area (Å²) in [6.45, 7) is 4.19. The lowest BCUT2D eigenvalue weighted by Gasteiger charge is -2.30. The Labute approximate surface area is 157 Å². The normalized spacial score (nSPS) is 15.5. The second-order valence-electron chi connectivity index (χ2n) is 7.06. The fraction of sp³-hybridized carbons (Fsp3) is 0.333. The minimum atomic E-state index is -0.712. The zero-order chi connectivity index (χ0) is 19.4. The number of hydrogen-bond acceptors (Lipinski definition) is 3. The molecule has 2 aromatic carbocycles. The molecule has 2 aromatic rings. The Balaban J connectivity index is 1.65. The predicted molar refractivity (Wildman–Crippen MR) is 101 cm³/mol. The molecular formula is C21H23FN2O3. The van der Waals surface area contributed by atoms with Crippen LogP contribution in [0.1, 0.15) is 34.3 Å². The Morgan fingerprint density at radius 2 is 1.81 bits per heavy atom. The van der Waals surface area contributed by atoms with Crippen LogP contribution in [0.5, 0.6) is 0 Å². The standard InChI is InChI=1S/C21H23FN2O3/c1-14-10-15(13-24-8-6-17(7-9-24)21(26)27)12-19(11-14)23-20(25)16-2-4-18(22)5-3-16/h2-5,10-12,17H,6-9,13H2,1H3,(H,23,25)(H,26,27). The first kappa shape index (κ1) is 19.0. The van der Waals surface area contributed by atoms with E-state index in [4.69, 9.17) is 5.11 Å². The molecule has 3 rings (SSSR count). The Bertz CT molecular complexity index is 828. The summed E-state index contributed by atoms with van der Waals surface area (Å²) in [5, 5.41) is 12.0. The number of hydrogen-bond donors (Lipinski definition) is 2. The number of halogens is 1. The SMILES string of the molecule is Cc1cc(CN2CCC(C(=O)O)CC2)cc(NC(=O)c2ccc(F)cc2)c1. The van der Waals surface area contributed by atoms with Gasteiger partial charge in [-0.2, -0.15) is 0 Å². The van der Waals surface area contributed by atoms with Crippen LogP contribution in [0.3, 0.4) is 0 Å². The van der Waals surface area contributed by atoms with E-state index in [0.29, 0.717) is 30.6 Å². The first-order valence-corrected chi connectivity index (χ1v) is 9.03. The fourth-order valence-electron chi connectivity index (χ4n) is 3.43. The number of piperidine rings is 1. The molecule has 1 aliphatic rings. The minimum Gasteiger partial charge on any atom is -0.481 e. The highest BCUT2D eigenvalue weighted by molar-refractivity contribution is 6.04. The van der Waals surface area contributed by atoms with E-state index in [-0.39, 0.29) is 17.6 Å². The van der Waals surface area contributed by atoms with Crippen LogP contribution in [0.25, 0.3) is 0 Å². The van der Waals surface area contributed by atoms with Crippen LogP contribution in [0.15, 0.2) is 42.5 Å². The smallest absolute Gasteiger partial charge is 0.306 e. The van der Waals surface area contributed by atoms with E-state index in [2.05, 4.69) is 16.3 Å². The fourth-order valence-corrected chi connectivity index (χ4v) is 3.43. The third kappa shape index (κ3) is 5.14. The Hall–Kier alpha value is -2.73. The van der Waals surface area contributed by atoms with Gasteiger partial charge in [-0.05, 0) is 80.4 Å². The first-order valence-electron chi connectivity index (χ1n) is 9.03. The zero-order valence-electron chi connectivity index (χ0n) is 15.2. The number of carbonyl (C=O) groups is 2. The van der Waals surface area contributed by atoms with Crippen LogP contribution in [0.2, 0.25) is 0 Å². The number of benzene rings is 2. The molecule has 0 unspecified atom stereocenters. The largest absolute Gasteiger partial charge is 0.481 e. The molecule has 1 fully saturated rings. The van der Waals surface area contributed by atoms with Crippen LogP contribution >= 0.6 is 0 Å². The van der Waals surface area contributed by atoms with E-state index in [9.17, 15) is 14.0 Å². The number of nitrogens with zero attached hydrogens (tertiary/aromatic N) is 1. The maximum absolute atomic E-state index is 13.0. The highest BCUT2D eigenvalue weighted by atomic mass is 19.1. The van der Waals surface area contributed by atoms with Crippen molar-refractivity contribution in [3.63, 3.8) is 0 Å². The maximum atomic E-state index is 13.0. The lowest BCUT2D eigenvalue weighted by atomic mass is 9.96. The second-order valence-corrected chi connectivity index (χ2v) is 7.06. The van der Waals surface area contributed by atoms with Crippen molar-refractivity contribution in [3.05, 3.63) is 65.0 Å². The molecule has 1 heterocycles. The molecule has 0 aliphatic carbocycles. The van der Waals surface area contributed by atoms with E-state index >= 15 is 0 Å². The van der Waals surface area contributed by atoms with Crippen molar-refractivity contribution in [2.75, 3.05) is 18.4 Å². The van der Waals surface area contributed by atoms with Crippen molar-refractivity contribution < 1.29 is 19.1 Å². The van der Waals surface area contributed by atoms with Gasteiger partial charge in [0.1, 0.15) is 5.82 Å². The monoisotopic (exact) mass is 370 g/mol. The topological polar surface area (TPSA) is 69.6 Å². The number of aryl methyl sites for hydroxylation is 1. The summed E-state index contributed by atoms with van der Waals surface area (Å²) in [7, 11) is 0. The lowest BCUT2D eigenvalue weighted by molar-refractivity contribution is -0.143. The summed E-state index contributed by atoms with van der Waals surface area (Å²) in [6.07, 6.45) is 1.32. The molecule has 2 N–H and O–H groups in total. The van der Waals surface area contributed by atoms with Crippen molar-refractivity contribution >= 4 is 17.6 Å². The number of carbonyl (C=O) groups excluding carboxylic acids is 1. The summed E-state index contributed by atoms with van der Waals surface area (Å²) in [5.74, 6) is -1.62. The zero-order valence-corrected chi connectivity index (χ0v) is 15.2. The maximum Gasteiger partial charge on any atom is 0.306 e. The number of carboxylic acid groups (broad SMARTS) is 1. The number of amides is 1. The van der Waals surface area contributed by atoms with Gasteiger partial charge >= 0.3 is 5.97 Å². The molecule has 0 atom stereocenters. The molecule has 0 aromatic heterocycles. The quantitative estimate of drug-likeness (QED) is 0.842. The Morgan fingerprint density at radius 3 is 2.44 bits per heavy atom. The molecule has 5 nitrogen and oxygen atoms in total. The van der Waals surface area contributed by atoms with Gasteiger partial charge in [-0.3, -0.25) is 14.5 Å². The third-order valence-electron chi connectivity index (χ3n) is 4.84. The van der Waals surface area contributed by atoms with Gasteiger partial charge in [-0.1, -0.05) is 6.07 Å². The number of aliphatic carboxylic acids is 1. The first-order chi connectivity index (χ1) is 12.9. The van der Waals surface area contributed by atoms with Crippen LogP contribution in [-0.4, -0.2) is 35.0 Å². The average Bonchev–Trinajstić information content (AvgIpc) is 2.62. The van der Waals surface area contributed by atoms with Crippen LogP contribution < -0.4 is 5.32 Å². The number of anilines is 1. The number of nitrogens with one attached hydrogen (secondary N) is 1. The van der Waals surface area contributed by atoms with Crippen molar-refractivity contribution in [2.45, 2.75) is 26.3 Å². The summed E-state index contributed by atoms with van der Waals surface area (Å²) >= 11 is 0. The second kappa shape index (κ2) is 8.31. The van der Waals surface area contributed by atoms with Gasteiger partial charge in [-0.25, -0.2) is 4.39 Å². The van der Waals surface area contributed by atoms with Crippen molar-refractivity contribution in [2.24, 2.45) is 5.92 Å². The van der Waals surface area contributed by atoms with Gasteiger partial charge < -0.3 is 10.4 Å². The average molecular weight is 370 g/mol. The van der Waals surface area contributed by atoms with Gasteiger partial charge in [0.25, 0.3) is 5.91 Å². The molecule has 27 heavy (non-hydrogen) atoms. The van der Waals surface area contributed by atoms with Gasteiger partial charge in [0.2, 0.25) is 0 Å². The summed E-state index contributed by atoms with van der Waals surface area (Å²) < 4.78 is 13.0. The van der Waals surface area contributed by atoms with E-state index < -0.39 is 5.97 Å². The van der Waals surface area contributed by atoms with E-state index in [1.165, 1.54) is 24.3 Å². The Kier molecular flexibility index (Phi) is 5.86. The van der Waals surface area contributed by atoms with Crippen LogP contribution in [0, 0.1) is 18.7 Å². The lowest BCUT2D eigenvalue weighted by Crippen LogP contribution is -2.35. The molecule has 0 spiro atoms. The highest BCUT2D eigenvalue weighted by Gasteiger charge is 2.24. The van der Waals surface area contributed by atoms with Crippen molar-refractivity contribution in [1.82, 2.24) is 4.90 Å². The van der Waals surface area contributed by atoms with Gasteiger partial charge in [0, 0.05) is 17.8 Å². The summed E-state index contributed by atoms with van der Waals surface area (Å²) in [5.41, 5.74) is 3.19. The van der Waals surface area contributed by atoms with Crippen molar-refractivity contribution in [3.8, 4) is 0 Å². The van der Waals surface area contributed by atoms with Gasteiger partial charge in [-0.15, -0.1) is 0 Å². The molecule has 0 bridgehead atoms. The molecule has 0 radical (unpaired) electrons. The number of rotatable bonds is 5. The van der Waals surface area contributed by atoms with E-state index in [1.807, 2.05) is 19.1 Å². The molecule has 0 saturated carbocycles. The van der Waals surface area contributed by atoms with Crippen LogP contribution in [-0.2, 0) is 11.3 Å².